The molecule has 1 aromatic rings. The predicted molar refractivity (Wildman–Crippen MR) is 58.2 cm³/mol. The van der Waals surface area contributed by atoms with E-state index >= 15 is 0 Å². The molecular weight excluding hydrogens is 237 g/mol. The Morgan fingerprint density at radius 2 is 2.20 bits per heavy atom. The number of anilines is 1. The van der Waals surface area contributed by atoms with Crippen molar-refractivity contribution in [3.05, 3.63) is 10.0 Å². The van der Waals surface area contributed by atoms with E-state index in [1.54, 1.807) is 0 Å². The molecule has 6 heteroatoms. The minimum atomic E-state index is -0.702. The van der Waals surface area contributed by atoms with Crippen LogP contribution in [0.25, 0.3) is 0 Å². The summed E-state index contributed by atoms with van der Waals surface area (Å²) in [5, 5.41) is 9.70. The summed E-state index contributed by atoms with van der Waals surface area (Å²) < 4.78 is 12.9. The van der Waals surface area contributed by atoms with E-state index in [2.05, 4.69) is 4.98 Å². The summed E-state index contributed by atoms with van der Waals surface area (Å²) in [4.78, 5) is 6.50. The molecule has 1 aliphatic heterocycles. The summed E-state index contributed by atoms with van der Waals surface area (Å²) in [6.45, 7) is 1.30. The van der Waals surface area contributed by atoms with Crippen LogP contribution in [0.3, 0.4) is 0 Å². The van der Waals surface area contributed by atoms with E-state index in [1.165, 1.54) is 11.3 Å². The monoisotopic (exact) mass is 245 g/mol. The van der Waals surface area contributed by atoms with E-state index in [4.69, 9.17) is 16.9 Å². The van der Waals surface area contributed by atoms with Gasteiger partial charge in [0.05, 0.1) is 0 Å². The molecule has 0 saturated carbocycles. The van der Waals surface area contributed by atoms with Gasteiger partial charge in [0, 0.05) is 13.1 Å². The van der Waals surface area contributed by atoms with Crippen molar-refractivity contribution in [3.8, 4) is 6.07 Å². The number of piperidine rings is 1. The number of nitriles is 1. The van der Waals surface area contributed by atoms with Crippen molar-refractivity contribution in [3.63, 3.8) is 0 Å². The van der Waals surface area contributed by atoms with Crippen LogP contribution in [-0.4, -0.2) is 24.2 Å². The van der Waals surface area contributed by atoms with Gasteiger partial charge in [-0.3, -0.25) is 0 Å². The lowest BCUT2D eigenvalue weighted by Crippen LogP contribution is -2.34. The number of nitrogens with zero attached hydrogens (tertiary/aromatic N) is 3. The Morgan fingerprint density at radius 1 is 1.53 bits per heavy atom. The topological polar surface area (TPSA) is 39.9 Å². The molecule has 80 valence electrons. The Labute approximate surface area is 96.1 Å². The molecule has 0 radical (unpaired) electrons. The van der Waals surface area contributed by atoms with Crippen LogP contribution in [0.4, 0.5) is 9.52 Å². The van der Waals surface area contributed by atoms with Gasteiger partial charge in [0.1, 0.15) is 17.1 Å². The number of hydrogen-bond acceptors (Lipinski definition) is 4. The maximum absolute atomic E-state index is 12.9. The molecule has 0 bridgehead atoms. The van der Waals surface area contributed by atoms with Crippen LogP contribution in [0.5, 0.6) is 0 Å². The van der Waals surface area contributed by atoms with E-state index in [0.29, 0.717) is 30.8 Å². The van der Waals surface area contributed by atoms with Crippen molar-refractivity contribution >= 4 is 28.1 Å². The third kappa shape index (κ3) is 2.21. The quantitative estimate of drug-likeness (QED) is 0.764. The highest BCUT2D eigenvalue weighted by atomic mass is 35.5. The Kier molecular flexibility index (Phi) is 3.08. The average Bonchev–Trinajstić information content (AvgIpc) is 2.61. The fourth-order valence-corrected chi connectivity index (χ4v) is 2.63. The molecule has 1 aliphatic rings. The third-order valence-corrected chi connectivity index (χ3v) is 3.78. The highest BCUT2D eigenvalue weighted by Crippen LogP contribution is 2.30. The van der Waals surface area contributed by atoms with E-state index in [-0.39, 0.29) is 5.15 Å². The summed E-state index contributed by atoms with van der Waals surface area (Å²) in [5.41, 5.74) is 0. The van der Waals surface area contributed by atoms with Crippen molar-refractivity contribution in [2.24, 2.45) is 0 Å². The zero-order valence-corrected chi connectivity index (χ0v) is 9.48. The van der Waals surface area contributed by atoms with Crippen molar-refractivity contribution in [2.75, 3.05) is 18.0 Å². The fourth-order valence-electron chi connectivity index (χ4n) is 1.53. The summed E-state index contributed by atoms with van der Waals surface area (Å²) >= 11 is 7.04. The molecule has 0 aliphatic carbocycles. The average molecular weight is 246 g/mol. The SMILES string of the molecule is N#Cc1sc(N2CCC(F)CC2)nc1Cl. The van der Waals surface area contributed by atoms with Crippen molar-refractivity contribution in [1.82, 2.24) is 4.98 Å². The zero-order valence-electron chi connectivity index (χ0n) is 7.91. The van der Waals surface area contributed by atoms with Gasteiger partial charge in [-0.2, -0.15) is 5.26 Å². The Morgan fingerprint density at radius 3 is 2.73 bits per heavy atom. The lowest BCUT2D eigenvalue weighted by molar-refractivity contribution is 0.277. The number of aromatic nitrogens is 1. The standard InChI is InChI=1S/C9H9ClFN3S/c10-8-7(5-12)15-9(13-8)14-3-1-6(11)2-4-14/h6H,1-4H2. The first kappa shape index (κ1) is 10.7. The molecule has 0 amide bonds. The highest BCUT2D eigenvalue weighted by Gasteiger charge is 2.21. The maximum atomic E-state index is 12.9. The molecular formula is C9H9ClFN3S. The van der Waals surface area contributed by atoms with Crippen LogP contribution < -0.4 is 4.90 Å². The van der Waals surface area contributed by atoms with Gasteiger partial charge in [-0.05, 0) is 12.8 Å². The Bertz CT molecular complexity index is 393. The number of alkyl halides is 1. The predicted octanol–water partition coefficient (Wildman–Crippen LogP) is 2.61. The summed E-state index contributed by atoms with van der Waals surface area (Å²) in [7, 11) is 0. The van der Waals surface area contributed by atoms with Crippen LogP contribution in [0.15, 0.2) is 0 Å². The van der Waals surface area contributed by atoms with Crippen molar-refractivity contribution in [1.29, 1.82) is 5.26 Å². The zero-order chi connectivity index (χ0) is 10.8. The molecule has 0 spiro atoms. The maximum Gasteiger partial charge on any atom is 0.188 e. The molecule has 1 aromatic heterocycles. The van der Waals surface area contributed by atoms with E-state index in [9.17, 15) is 4.39 Å². The summed E-state index contributed by atoms with van der Waals surface area (Å²) in [6, 6.07) is 1.99. The Hall–Kier alpha value is -0.860. The third-order valence-electron chi connectivity index (χ3n) is 2.37. The summed E-state index contributed by atoms with van der Waals surface area (Å²) in [5.74, 6) is 0. The first-order valence-corrected chi connectivity index (χ1v) is 5.85. The van der Waals surface area contributed by atoms with Gasteiger partial charge in [0.2, 0.25) is 0 Å². The van der Waals surface area contributed by atoms with Gasteiger partial charge in [0.25, 0.3) is 0 Å². The van der Waals surface area contributed by atoms with Crippen molar-refractivity contribution in [2.45, 2.75) is 19.0 Å². The molecule has 0 atom stereocenters. The smallest absolute Gasteiger partial charge is 0.188 e. The second-order valence-corrected chi connectivity index (χ2v) is 4.73. The molecule has 0 unspecified atom stereocenters. The fraction of sp³-hybridized carbons (Fsp3) is 0.556. The van der Waals surface area contributed by atoms with Gasteiger partial charge < -0.3 is 4.90 Å². The van der Waals surface area contributed by atoms with Crippen LogP contribution in [-0.2, 0) is 0 Å². The lowest BCUT2D eigenvalue weighted by atomic mass is 10.1. The molecule has 0 N–H and O–H groups in total. The molecule has 2 rings (SSSR count). The van der Waals surface area contributed by atoms with Crippen LogP contribution >= 0.6 is 22.9 Å². The number of halogens is 2. The van der Waals surface area contributed by atoms with Gasteiger partial charge in [-0.25, -0.2) is 9.37 Å². The van der Waals surface area contributed by atoms with Crippen molar-refractivity contribution < 1.29 is 4.39 Å². The molecule has 1 fully saturated rings. The lowest BCUT2D eigenvalue weighted by Gasteiger charge is -2.27. The largest absolute Gasteiger partial charge is 0.348 e. The minimum Gasteiger partial charge on any atom is -0.348 e. The molecule has 2 heterocycles. The van der Waals surface area contributed by atoms with Crippen LogP contribution in [0.2, 0.25) is 5.15 Å². The van der Waals surface area contributed by atoms with Gasteiger partial charge >= 0.3 is 0 Å². The molecule has 3 nitrogen and oxygen atoms in total. The summed E-state index contributed by atoms with van der Waals surface area (Å²) in [6.07, 6.45) is 0.352. The van der Waals surface area contributed by atoms with E-state index in [1.807, 2.05) is 11.0 Å². The second kappa shape index (κ2) is 4.33. The first-order valence-electron chi connectivity index (χ1n) is 4.66. The number of rotatable bonds is 1. The molecule has 1 saturated heterocycles. The van der Waals surface area contributed by atoms with Crippen LogP contribution in [0, 0.1) is 11.3 Å². The second-order valence-electron chi connectivity index (χ2n) is 3.39. The van der Waals surface area contributed by atoms with Crippen LogP contribution in [0.1, 0.15) is 17.7 Å². The van der Waals surface area contributed by atoms with Gasteiger partial charge in [-0.1, -0.05) is 22.9 Å². The number of hydrogen-bond donors (Lipinski definition) is 0. The minimum absolute atomic E-state index is 0.250. The van der Waals surface area contributed by atoms with Gasteiger partial charge in [-0.15, -0.1) is 0 Å². The Balaban J connectivity index is 2.13. The molecule has 0 aromatic carbocycles. The van der Waals surface area contributed by atoms with E-state index in [0.717, 1.165) is 5.13 Å². The normalized spacial score (nSPS) is 17.8. The first-order chi connectivity index (χ1) is 7.20. The highest BCUT2D eigenvalue weighted by molar-refractivity contribution is 7.16. The number of thiazole rings is 1. The van der Waals surface area contributed by atoms with Gasteiger partial charge in [0.15, 0.2) is 10.3 Å². The van der Waals surface area contributed by atoms with E-state index < -0.39 is 6.17 Å². The molecule has 15 heavy (non-hydrogen) atoms.